The first kappa shape index (κ1) is 14.0. The maximum atomic E-state index is 12.3. The molecule has 18 heavy (non-hydrogen) atoms. The summed E-state index contributed by atoms with van der Waals surface area (Å²) in [4.78, 5) is 22.1. The predicted octanol–water partition coefficient (Wildman–Crippen LogP) is 0.777. The van der Waals surface area contributed by atoms with E-state index in [1.54, 1.807) is 24.3 Å². The number of hydrogen-bond donors (Lipinski definition) is 2. The Morgan fingerprint density at radius 2 is 2.11 bits per heavy atom. The lowest BCUT2D eigenvalue weighted by atomic mass is 10.1. The van der Waals surface area contributed by atoms with Gasteiger partial charge in [-0.2, -0.15) is 0 Å². The number of rotatable bonds is 6. The van der Waals surface area contributed by atoms with Crippen LogP contribution < -0.4 is 10.1 Å². The summed E-state index contributed by atoms with van der Waals surface area (Å²) in [6.07, 6.45) is -0.0617. The second kappa shape index (κ2) is 6.58. The third-order valence-electron chi connectivity index (χ3n) is 2.33. The van der Waals surface area contributed by atoms with Crippen LogP contribution in [-0.2, 0) is 16.0 Å². The SMILES string of the molecule is COc1ccccc1CC(=O)NC(CF)C(=O)O. The molecule has 0 aromatic heterocycles. The number of amides is 1. The van der Waals surface area contributed by atoms with Crippen molar-refractivity contribution in [3.8, 4) is 5.75 Å². The van der Waals surface area contributed by atoms with Gasteiger partial charge in [0.25, 0.3) is 0 Å². The molecule has 0 aliphatic carbocycles. The molecular weight excluding hydrogens is 241 g/mol. The largest absolute Gasteiger partial charge is 0.496 e. The van der Waals surface area contributed by atoms with Crippen molar-refractivity contribution in [2.45, 2.75) is 12.5 Å². The van der Waals surface area contributed by atoms with E-state index in [4.69, 9.17) is 9.84 Å². The van der Waals surface area contributed by atoms with Gasteiger partial charge in [-0.3, -0.25) is 4.79 Å². The zero-order valence-corrected chi connectivity index (χ0v) is 9.85. The molecule has 0 spiro atoms. The fourth-order valence-electron chi connectivity index (χ4n) is 1.43. The van der Waals surface area contributed by atoms with Gasteiger partial charge in [-0.05, 0) is 6.07 Å². The standard InChI is InChI=1S/C12H14FNO4/c1-18-10-5-3-2-4-8(10)6-11(15)14-9(7-13)12(16)17/h2-5,9H,6-7H2,1H3,(H,14,15)(H,16,17). The summed E-state index contributed by atoms with van der Waals surface area (Å²) in [5.74, 6) is -1.43. The van der Waals surface area contributed by atoms with Crippen molar-refractivity contribution >= 4 is 11.9 Å². The van der Waals surface area contributed by atoms with E-state index in [1.807, 2.05) is 0 Å². The Kier molecular flexibility index (Phi) is 5.10. The number of halogens is 1. The van der Waals surface area contributed by atoms with E-state index in [1.165, 1.54) is 7.11 Å². The number of aliphatic carboxylic acids is 1. The van der Waals surface area contributed by atoms with Gasteiger partial charge in [-0.15, -0.1) is 0 Å². The van der Waals surface area contributed by atoms with Crippen molar-refractivity contribution in [3.05, 3.63) is 29.8 Å². The number of methoxy groups -OCH3 is 1. The van der Waals surface area contributed by atoms with Gasteiger partial charge < -0.3 is 15.2 Å². The van der Waals surface area contributed by atoms with Crippen LogP contribution in [0.25, 0.3) is 0 Å². The lowest BCUT2D eigenvalue weighted by molar-refractivity contribution is -0.142. The molecule has 1 amide bonds. The molecule has 0 saturated carbocycles. The van der Waals surface area contributed by atoms with Crippen LogP contribution in [-0.4, -0.2) is 36.8 Å². The highest BCUT2D eigenvalue weighted by Gasteiger charge is 2.20. The smallest absolute Gasteiger partial charge is 0.328 e. The monoisotopic (exact) mass is 255 g/mol. The molecule has 1 aromatic carbocycles. The first-order valence-electron chi connectivity index (χ1n) is 5.28. The zero-order chi connectivity index (χ0) is 13.5. The number of para-hydroxylation sites is 1. The average molecular weight is 255 g/mol. The Balaban J connectivity index is 2.67. The number of nitrogens with one attached hydrogen (secondary N) is 1. The summed E-state index contributed by atoms with van der Waals surface area (Å²) in [7, 11) is 1.47. The van der Waals surface area contributed by atoms with Gasteiger partial charge in [0.15, 0.2) is 6.04 Å². The molecular formula is C12H14FNO4. The molecule has 0 aliphatic heterocycles. The third-order valence-corrected chi connectivity index (χ3v) is 2.33. The van der Waals surface area contributed by atoms with E-state index in [0.717, 1.165) is 0 Å². The van der Waals surface area contributed by atoms with Crippen LogP contribution >= 0.6 is 0 Å². The molecule has 0 aliphatic rings. The molecule has 98 valence electrons. The fourth-order valence-corrected chi connectivity index (χ4v) is 1.43. The Labute approximate surface area is 104 Å². The summed E-state index contributed by atoms with van der Waals surface area (Å²) in [6, 6.07) is 5.35. The van der Waals surface area contributed by atoms with Gasteiger partial charge in [0.1, 0.15) is 12.4 Å². The Bertz CT molecular complexity index is 436. The first-order chi connectivity index (χ1) is 8.58. The third kappa shape index (κ3) is 3.73. The summed E-state index contributed by atoms with van der Waals surface area (Å²) in [5.41, 5.74) is 0.612. The average Bonchev–Trinajstić information content (AvgIpc) is 2.36. The van der Waals surface area contributed by atoms with Gasteiger partial charge in [0, 0.05) is 5.56 Å². The molecule has 1 atom stereocenters. The molecule has 5 nitrogen and oxygen atoms in total. The van der Waals surface area contributed by atoms with Gasteiger partial charge in [0.05, 0.1) is 13.5 Å². The highest BCUT2D eigenvalue weighted by Crippen LogP contribution is 2.17. The topological polar surface area (TPSA) is 75.6 Å². The van der Waals surface area contributed by atoms with Gasteiger partial charge >= 0.3 is 5.97 Å². The minimum Gasteiger partial charge on any atom is -0.496 e. The molecule has 0 heterocycles. The summed E-state index contributed by atoms with van der Waals surface area (Å²) in [6.45, 7) is -1.15. The van der Waals surface area contributed by atoms with Crippen molar-refractivity contribution in [1.29, 1.82) is 0 Å². The number of alkyl halides is 1. The second-order valence-electron chi connectivity index (χ2n) is 3.60. The molecule has 0 bridgehead atoms. The van der Waals surface area contributed by atoms with Crippen molar-refractivity contribution < 1.29 is 23.8 Å². The van der Waals surface area contributed by atoms with Crippen LogP contribution in [0.15, 0.2) is 24.3 Å². The van der Waals surface area contributed by atoms with Crippen LogP contribution in [0, 0.1) is 0 Å². The van der Waals surface area contributed by atoms with Crippen molar-refractivity contribution in [3.63, 3.8) is 0 Å². The number of carbonyl (C=O) groups is 2. The van der Waals surface area contributed by atoms with Crippen molar-refractivity contribution in [2.75, 3.05) is 13.8 Å². The summed E-state index contributed by atoms with van der Waals surface area (Å²) < 4.78 is 17.4. The Morgan fingerprint density at radius 1 is 1.44 bits per heavy atom. The molecule has 6 heteroatoms. The molecule has 1 rings (SSSR count). The van der Waals surface area contributed by atoms with Crippen LogP contribution in [0.3, 0.4) is 0 Å². The maximum Gasteiger partial charge on any atom is 0.328 e. The Morgan fingerprint density at radius 3 is 2.67 bits per heavy atom. The number of carboxylic acid groups (broad SMARTS) is 1. The molecule has 2 N–H and O–H groups in total. The van der Waals surface area contributed by atoms with Crippen LogP contribution in [0.2, 0.25) is 0 Å². The van der Waals surface area contributed by atoms with E-state index in [9.17, 15) is 14.0 Å². The highest BCUT2D eigenvalue weighted by molar-refractivity contribution is 5.85. The fraction of sp³-hybridized carbons (Fsp3) is 0.333. The molecule has 0 saturated heterocycles. The van der Waals surface area contributed by atoms with Crippen LogP contribution in [0.5, 0.6) is 5.75 Å². The molecule has 0 fully saturated rings. The predicted molar refractivity (Wildman–Crippen MR) is 62.2 cm³/mol. The maximum absolute atomic E-state index is 12.3. The Hall–Kier alpha value is -2.11. The lowest BCUT2D eigenvalue weighted by Crippen LogP contribution is -2.43. The summed E-state index contributed by atoms with van der Waals surface area (Å²) in [5, 5.41) is 10.7. The highest BCUT2D eigenvalue weighted by atomic mass is 19.1. The normalized spacial score (nSPS) is 11.7. The van der Waals surface area contributed by atoms with Gasteiger partial charge in [-0.25, -0.2) is 9.18 Å². The van der Waals surface area contributed by atoms with E-state index in [0.29, 0.717) is 11.3 Å². The van der Waals surface area contributed by atoms with E-state index in [2.05, 4.69) is 5.32 Å². The number of hydrogen-bond acceptors (Lipinski definition) is 3. The quantitative estimate of drug-likeness (QED) is 0.787. The van der Waals surface area contributed by atoms with Crippen molar-refractivity contribution in [1.82, 2.24) is 5.32 Å². The van der Waals surface area contributed by atoms with Gasteiger partial charge in [0.2, 0.25) is 5.91 Å². The minimum atomic E-state index is -1.51. The molecule has 1 aromatic rings. The first-order valence-corrected chi connectivity index (χ1v) is 5.28. The lowest BCUT2D eigenvalue weighted by Gasteiger charge is -2.12. The number of ether oxygens (including phenoxy) is 1. The number of benzene rings is 1. The van der Waals surface area contributed by atoms with Crippen LogP contribution in [0.4, 0.5) is 4.39 Å². The molecule has 0 radical (unpaired) electrons. The zero-order valence-electron chi connectivity index (χ0n) is 9.85. The second-order valence-corrected chi connectivity index (χ2v) is 3.60. The molecule has 1 unspecified atom stereocenters. The van der Waals surface area contributed by atoms with E-state index < -0.39 is 24.6 Å². The van der Waals surface area contributed by atoms with Crippen molar-refractivity contribution in [2.24, 2.45) is 0 Å². The van der Waals surface area contributed by atoms with E-state index >= 15 is 0 Å². The van der Waals surface area contributed by atoms with E-state index in [-0.39, 0.29) is 6.42 Å². The minimum absolute atomic E-state index is 0.0617. The number of carboxylic acids is 1. The van der Waals surface area contributed by atoms with Crippen LogP contribution in [0.1, 0.15) is 5.56 Å². The van der Waals surface area contributed by atoms with Gasteiger partial charge in [-0.1, -0.05) is 18.2 Å². The summed E-state index contributed by atoms with van der Waals surface area (Å²) >= 11 is 0. The number of carbonyl (C=O) groups excluding carboxylic acids is 1.